The van der Waals surface area contributed by atoms with Crippen LogP contribution in [0.5, 0.6) is 0 Å². The Bertz CT molecular complexity index is 1670. The number of halogens is 5. The van der Waals surface area contributed by atoms with E-state index in [1.54, 1.807) is 19.1 Å². The summed E-state index contributed by atoms with van der Waals surface area (Å²) in [6.07, 6.45) is -4.53. The van der Waals surface area contributed by atoms with Crippen LogP contribution in [0.1, 0.15) is 21.7 Å². The first-order valence-electron chi connectivity index (χ1n) is 11.1. The summed E-state index contributed by atoms with van der Waals surface area (Å²) in [5.41, 5.74) is 0.625. The molecule has 2 aromatic heterocycles. The van der Waals surface area contributed by atoms with Gasteiger partial charge in [-0.3, -0.25) is 0 Å². The third-order valence-electron chi connectivity index (χ3n) is 5.75. The van der Waals surface area contributed by atoms with E-state index in [9.17, 15) is 31.9 Å². The van der Waals surface area contributed by atoms with Crippen molar-refractivity contribution in [3.8, 4) is 38.0 Å². The lowest BCUT2D eigenvalue weighted by Gasteiger charge is -2.08. The number of nitrogens with zero attached hydrogens (tertiary/aromatic N) is 3. The van der Waals surface area contributed by atoms with Crippen LogP contribution in [-0.4, -0.2) is 25.8 Å². The van der Waals surface area contributed by atoms with E-state index < -0.39 is 29.3 Å². The van der Waals surface area contributed by atoms with Crippen LogP contribution in [0.15, 0.2) is 72.8 Å². The lowest BCUT2D eigenvalue weighted by molar-refractivity contribution is -0.137. The predicted octanol–water partition coefficient (Wildman–Crippen LogP) is 7.63. The molecule has 3 aromatic carbocycles. The predicted molar refractivity (Wildman–Crippen MR) is 132 cm³/mol. The molecule has 5 nitrogen and oxygen atoms in total. The Labute approximate surface area is 216 Å². The minimum atomic E-state index is -4.53. The molecule has 0 fully saturated rings. The Kier molecular flexibility index (Phi) is 6.31. The molecule has 0 aliphatic carbocycles. The van der Waals surface area contributed by atoms with Crippen molar-refractivity contribution in [3.63, 3.8) is 0 Å². The van der Waals surface area contributed by atoms with E-state index in [1.807, 2.05) is 0 Å². The van der Waals surface area contributed by atoms with Crippen LogP contribution in [0.4, 0.5) is 22.0 Å². The Morgan fingerprint density at radius 1 is 0.895 bits per heavy atom. The maximum absolute atomic E-state index is 14.1. The summed E-state index contributed by atoms with van der Waals surface area (Å²) >= 11 is 0.980. The van der Waals surface area contributed by atoms with Crippen LogP contribution in [0, 0.1) is 18.6 Å². The van der Waals surface area contributed by atoms with Crippen LogP contribution in [0.25, 0.3) is 38.0 Å². The fourth-order valence-corrected chi connectivity index (χ4v) is 5.14. The highest BCUT2D eigenvalue weighted by molar-refractivity contribution is 7.18. The number of hydrogen-bond acceptors (Lipinski definition) is 4. The van der Waals surface area contributed by atoms with Crippen molar-refractivity contribution < 1.29 is 31.9 Å². The Morgan fingerprint density at radius 3 is 2.08 bits per heavy atom. The summed E-state index contributed by atoms with van der Waals surface area (Å²) in [5.74, 6) is -2.45. The van der Waals surface area contributed by atoms with Gasteiger partial charge in [-0.15, -0.1) is 0 Å². The molecule has 1 N–H and O–H groups in total. The van der Waals surface area contributed by atoms with Gasteiger partial charge in [0.25, 0.3) is 0 Å². The van der Waals surface area contributed by atoms with Crippen molar-refractivity contribution >= 4 is 17.3 Å². The van der Waals surface area contributed by atoms with Gasteiger partial charge in [0.15, 0.2) is 5.69 Å². The molecule has 0 spiro atoms. The SMILES string of the molecule is Cc1nn(-c2nc(-c3cccc(F)c3)c(-c3ccc(C(F)(F)F)cc3)s2)c(C(=O)O)c1-c1cccc(F)c1. The number of thiazole rings is 1. The summed E-state index contributed by atoms with van der Waals surface area (Å²) in [4.78, 5) is 17.3. The molecule has 0 bridgehead atoms. The van der Waals surface area contributed by atoms with Crippen LogP contribution >= 0.6 is 11.3 Å². The van der Waals surface area contributed by atoms with E-state index in [0.29, 0.717) is 27.3 Å². The molecule has 5 aromatic rings. The third kappa shape index (κ3) is 4.68. The molecule has 0 aliphatic rings. The van der Waals surface area contributed by atoms with Gasteiger partial charge < -0.3 is 5.11 Å². The molecule has 0 saturated heterocycles. The average molecular weight is 542 g/mol. The molecular weight excluding hydrogens is 525 g/mol. The first-order chi connectivity index (χ1) is 18.0. The van der Waals surface area contributed by atoms with Gasteiger partial charge in [-0.2, -0.15) is 23.0 Å². The van der Waals surface area contributed by atoms with Crippen molar-refractivity contribution in [1.29, 1.82) is 0 Å². The topological polar surface area (TPSA) is 68.0 Å². The molecule has 0 radical (unpaired) electrons. The minimum absolute atomic E-state index is 0.0855. The number of carboxylic acid groups (broad SMARTS) is 1. The van der Waals surface area contributed by atoms with E-state index in [2.05, 4.69) is 10.1 Å². The summed E-state index contributed by atoms with van der Waals surface area (Å²) in [7, 11) is 0. The molecule has 0 atom stereocenters. The molecule has 0 aliphatic heterocycles. The summed E-state index contributed by atoms with van der Waals surface area (Å²) in [5, 5.41) is 14.5. The highest BCUT2D eigenvalue weighted by Crippen LogP contribution is 2.41. The maximum atomic E-state index is 14.1. The van der Waals surface area contributed by atoms with Gasteiger partial charge in [0.05, 0.1) is 21.8 Å². The summed E-state index contributed by atoms with van der Waals surface area (Å²) < 4.78 is 68.5. The van der Waals surface area contributed by atoms with Gasteiger partial charge in [0, 0.05) is 11.1 Å². The van der Waals surface area contributed by atoms with Crippen molar-refractivity contribution in [3.05, 3.63) is 101 Å². The zero-order valence-electron chi connectivity index (χ0n) is 19.4. The third-order valence-corrected chi connectivity index (χ3v) is 6.83. The highest BCUT2D eigenvalue weighted by atomic mass is 32.1. The van der Waals surface area contributed by atoms with Gasteiger partial charge in [-0.25, -0.2) is 18.6 Å². The Hall–Kier alpha value is -4.38. The van der Waals surface area contributed by atoms with Crippen molar-refractivity contribution in [2.75, 3.05) is 0 Å². The second-order valence-corrected chi connectivity index (χ2v) is 9.27. The van der Waals surface area contributed by atoms with Crippen LogP contribution in [0.2, 0.25) is 0 Å². The van der Waals surface area contributed by atoms with Gasteiger partial charge >= 0.3 is 12.1 Å². The number of benzene rings is 3. The van der Waals surface area contributed by atoms with Crippen molar-refractivity contribution in [1.82, 2.24) is 14.8 Å². The second-order valence-electron chi connectivity index (χ2n) is 8.30. The molecule has 0 amide bonds. The molecular formula is C27H16F5N3O2S. The fourth-order valence-electron chi connectivity index (χ4n) is 4.09. The zero-order chi connectivity index (χ0) is 27.2. The van der Waals surface area contributed by atoms with E-state index in [4.69, 9.17) is 0 Å². The van der Waals surface area contributed by atoms with Crippen molar-refractivity contribution in [2.45, 2.75) is 13.1 Å². The number of hydrogen-bond donors (Lipinski definition) is 1. The van der Waals surface area contributed by atoms with Crippen molar-refractivity contribution in [2.24, 2.45) is 0 Å². The standard InChI is InChI=1S/C27H16F5N3O2S/c1-14-21(16-4-2-6-19(28)12-16)23(25(36)37)35(34-14)26-33-22(17-5-3-7-20(29)13-17)24(38-26)15-8-10-18(11-9-15)27(30,31)32/h2-13H,1H3,(H,36,37). The zero-order valence-corrected chi connectivity index (χ0v) is 20.2. The second kappa shape index (κ2) is 9.49. The number of aryl methyl sites for hydroxylation is 1. The number of aromatic nitrogens is 3. The molecule has 192 valence electrons. The lowest BCUT2D eigenvalue weighted by Crippen LogP contribution is -2.09. The van der Waals surface area contributed by atoms with Crippen LogP contribution in [-0.2, 0) is 6.18 Å². The molecule has 11 heteroatoms. The fraction of sp³-hybridized carbons (Fsp3) is 0.0741. The number of alkyl halides is 3. The molecule has 38 heavy (non-hydrogen) atoms. The molecule has 0 unspecified atom stereocenters. The van der Waals surface area contributed by atoms with E-state index in [0.717, 1.165) is 28.2 Å². The van der Waals surface area contributed by atoms with Gasteiger partial charge in [-0.05, 0) is 54.4 Å². The summed E-state index contributed by atoms with van der Waals surface area (Å²) in [6.45, 7) is 1.57. The van der Waals surface area contributed by atoms with Gasteiger partial charge in [0.1, 0.15) is 11.6 Å². The minimum Gasteiger partial charge on any atom is -0.476 e. The first kappa shape index (κ1) is 25.3. The van der Waals surface area contributed by atoms with Gasteiger partial charge in [0.2, 0.25) is 5.13 Å². The molecule has 2 heterocycles. The van der Waals surface area contributed by atoms with Gasteiger partial charge in [-0.1, -0.05) is 47.7 Å². The number of carbonyl (C=O) groups is 1. The van der Waals surface area contributed by atoms with E-state index >= 15 is 0 Å². The normalized spacial score (nSPS) is 11.6. The summed E-state index contributed by atoms with van der Waals surface area (Å²) in [6, 6.07) is 15.3. The van der Waals surface area contributed by atoms with E-state index in [1.165, 1.54) is 48.5 Å². The Balaban J connectivity index is 1.73. The number of carboxylic acids is 1. The smallest absolute Gasteiger partial charge is 0.416 e. The van der Waals surface area contributed by atoms with E-state index in [-0.39, 0.29) is 22.1 Å². The lowest BCUT2D eigenvalue weighted by atomic mass is 10.0. The largest absolute Gasteiger partial charge is 0.476 e. The monoisotopic (exact) mass is 541 g/mol. The number of rotatable bonds is 5. The quantitative estimate of drug-likeness (QED) is 0.232. The molecule has 5 rings (SSSR count). The van der Waals surface area contributed by atoms with Crippen LogP contribution in [0.3, 0.4) is 0 Å². The maximum Gasteiger partial charge on any atom is 0.416 e. The first-order valence-corrected chi connectivity index (χ1v) is 11.9. The average Bonchev–Trinajstić information content (AvgIpc) is 3.45. The molecule has 0 saturated carbocycles. The van der Waals surface area contributed by atoms with Crippen LogP contribution < -0.4 is 0 Å². The Morgan fingerprint density at radius 2 is 1.50 bits per heavy atom. The highest BCUT2D eigenvalue weighted by Gasteiger charge is 2.31. The number of aromatic carboxylic acids is 1.